The third-order valence-electron chi connectivity index (χ3n) is 4.30. The second kappa shape index (κ2) is 12.4. The molecule has 30 heavy (non-hydrogen) atoms. The van der Waals surface area contributed by atoms with E-state index in [9.17, 15) is 10.1 Å². The van der Waals surface area contributed by atoms with Crippen LogP contribution in [0.3, 0.4) is 0 Å². The van der Waals surface area contributed by atoms with E-state index < -0.39 is 0 Å². The summed E-state index contributed by atoms with van der Waals surface area (Å²) in [7, 11) is 0. The molecule has 0 spiro atoms. The Labute approximate surface area is 177 Å². The van der Waals surface area contributed by atoms with Gasteiger partial charge in [-0.05, 0) is 32.4 Å². The van der Waals surface area contributed by atoms with Gasteiger partial charge in [0.05, 0.1) is 18.1 Å². The van der Waals surface area contributed by atoms with Gasteiger partial charge in [-0.1, -0.05) is 30.3 Å². The van der Waals surface area contributed by atoms with Gasteiger partial charge in [0.1, 0.15) is 12.4 Å². The monoisotopic (exact) mass is 414 g/mol. The second-order valence-electron chi connectivity index (χ2n) is 6.59. The number of guanidine groups is 1. The van der Waals surface area contributed by atoms with Gasteiger partial charge in [-0.15, -0.1) is 0 Å². The molecule has 0 amide bonds. The summed E-state index contributed by atoms with van der Waals surface area (Å²) >= 11 is 0. The van der Waals surface area contributed by atoms with Crippen molar-refractivity contribution >= 4 is 11.6 Å². The Hall–Kier alpha value is -3.13. The van der Waals surface area contributed by atoms with E-state index in [1.165, 1.54) is 6.07 Å². The van der Waals surface area contributed by atoms with Gasteiger partial charge >= 0.3 is 0 Å². The SMILES string of the molecule is CCNC(=NCc1ccc(C)cc1OCCOCC)NCc1ccccc1[N+](=O)[O-]. The van der Waals surface area contributed by atoms with E-state index in [0.717, 1.165) is 16.9 Å². The first-order chi connectivity index (χ1) is 14.5. The Morgan fingerprint density at radius 3 is 2.63 bits per heavy atom. The van der Waals surface area contributed by atoms with Crippen molar-refractivity contribution in [3.05, 3.63) is 69.3 Å². The maximum atomic E-state index is 11.2. The quantitative estimate of drug-likeness (QED) is 0.192. The zero-order valence-electron chi connectivity index (χ0n) is 17.8. The number of aryl methyl sites for hydroxylation is 1. The van der Waals surface area contributed by atoms with Crippen LogP contribution in [0.25, 0.3) is 0 Å². The molecule has 0 radical (unpaired) electrons. The summed E-state index contributed by atoms with van der Waals surface area (Å²) in [5, 5.41) is 17.5. The Balaban J connectivity index is 2.08. The zero-order chi connectivity index (χ0) is 21.8. The lowest BCUT2D eigenvalue weighted by atomic mass is 10.1. The van der Waals surface area contributed by atoms with Gasteiger partial charge in [0.15, 0.2) is 5.96 Å². The summed E-state index contributed by atoms with van der Waals surface area (Å²) < 4.78 is 11.2. The Morgan fingerprint density at radius 2 is 1.90 bits per heavy atom. The maximum Gasteiger partial charge on any atom is 0.274 e. The van der Waals surface area contributed by atoms with E-state index in [0.29, 0.717) is 51.0 Å². The molecule has 0 saturated carbocycles. The number of nitrogens with zero attached hydrogens (tertiary/aromatic N) is 2. The van der Waals surface area contributed by atoms with Gasteiger partial charge < -0.3 is 20.1 Å². The number of nitro groups is 1. The summed E-state index contributed by atoms with van der Waals surface area (Å²) in [6, 6.07) is 12.7. The number of para-hydroxylation sites is 1. The molecule has 162 valence electrons. The first kappa shape index (κ1) is 23.2. The Morgan fingerprint density at radius 1 is 1.10 bits per heavy atom. The number of hydrogen-bond acceptors (Lipinski definition) is 5. The lowest BCUT2D eigenvalue weighted by Crippen LogP contribution is -2.36. The highest BCUT2D eigenvalue weighted by Gasteiger charge is 2.12. The molecule has 0 heterocycles. The van der Waals surface area contributed by atoms with E-state index in [1.54, 1.807) is 18.2 Å². The number of ether oxygens (including phenoxy) is 2. The Bertz CT molecular complexity index is 855. The van der Waals surface area contributed by atoms with Crippen molar-refractivity contribution in [2.45, 2.75) is 33.9 Å². The van der Waals surface area contributed by atoms with Crippen LogP contribution in [0.1, 0.15) is 30.5 Å². The van der Waals surface area contributed by atoms with Gasteiger partial charge in [-0.2, -0.15) is 0 Å². The van der Waals surface area contributed by atoms with Crippen LogP contribution in [0.5, 0.6) is 5.75 Å². The minimum atomic E-state index is -0.376. The van der Waals surface area contributed by atoms with Crippen molar-refractivity contribution in [3.8, 4) is 5.75 Å². The first-order valence-electron chi connectivity index (χ1n) is 10.1. The molecule has 0 bridgehead atoms. The van der Waals surface area contributed by atoms with Crippen LogP contribution in [0.2, 0.25) is 0 Å². The largest absolute Gasteiger partial charge is 0.491 e. The van der Waals surface area contributed by atoms with Gasteiger partial charge in [-0.3, -0.25) is 10.1 Å². The average Bonchev–Trinajstić information content (AvgIpc) is 2.74. The first-order valence-corrected chi connectivity index (χ1v) is 10.1. The number of benzene rings is 2. The molecule has 0 unspecified atom stereocenters. The highest BCUT2D eigenvalue weighted by atomic mass is 16.6. The highest BCUT2D eigenvalue weighted by Crippen LogP contribution is 2.21. The summed E-state index contributed by atoms with van der Waals surface area (Å²) in [6.45, 7) is 8.99. The second-order valence-corrected chi connectivity index (χ2v) is 6.59. The zero-order valence-corrected chi connectivity index (χ0v) is 17.8. The molecule has 2 N–H and O–H groups in total. The fourth-order valence-electron chi connectivity index (χ4n) is 2.80. The lowest BCUT2D eigenvalue weighted by Gasteiger charge is -2.14. The molecular weight excluding hydrogens is 384 g/mol. The Kier molecular flexibility index (Phi) is 9.60. The molecule has 2 rings (SSSR count). The normalized spacial score (nSPS) is 11.2. The molecule has 2 aromatic carbocycles. The molecule has 0 aromatic heterocycles. The minimum absolute atomic E-state index is 0.0874. The molecule has 8 nitrogen and oxygen atoms in total. The highest BCUT2D eigenvalue weighted by molar-refractivity contribution is 5.79. The summed E-state index contributed by atoms with van der Waals surface area (Å²) in [5.41, 5.74) is 2.75. The van der Waals surface area contributed by atoms with Crippen LogP contribution in [0.4, 0.5) is 5.69 Å². The van der Waals surface area contributed by atoms with Crippen LogP contribution >= 0.6 is 0 Å². The number of nitro benzene ring substituents is 1. The maximum absolute atomic E-state index is 11.2. The third-order valence-corrected chi connectivity index (χ3v) is 4.30. The molecule has 8 heteroatoms. The lowest BCUT2D eigenvalue weighted by molar-refractivity contribution is -0.385. The molecule has 0 aliphatic rings. The van der Waals surface area contributed by atoms with Crippen LogP contribution in [0, 0.1) is 17.0 Å². The van der Waals surface area contributed by atoms with Crippen molar-refractivity contribution in [1.82, 2.24) is 10.6 Å². The fourth-order valence-corrected chi connectivity index (χ4v) is 2.80. The minimum Gasteiger partial charge on any atom is -0.491 e. The summed E-state index contributed by atoms with van der Waals surface area (Å²) in [5.74, 6) is 1.37. The molecule has 0 aliphatic heterocycles. The van der Waals surface area contributed by atoms with Crippen LogP contribution in [-0.4, -0.2) is 37.2 Å². The molecule has 0 aliphatic carbocycles. The summed E-state index contributed by atoms with van der Waals surface area (Å²) in [6.07, 6.45) is 0. The van der Waals surface area contributed by atoms with Crippen molar-refractivity contribution in [3.63, 3.8) is 0 Å². The van der Waals surface area contributed by atoms with Crippen LogP contribution in [0.15, 0.2) is 47.5 Å². The van der Waals surface area contributed by atoms with E-state index in [-0.39, 0.29) is 10.6 Å². The average molecular weight is 415 g/mol. The molecule has 0 atom stereocenters. The summed E-state index contributed by atoms with van der Waals surface area (Å²) in [4.78, 5) is 15.4. The van der Waals surface area contributed by atoms with Gasteiger partial charge in [0.2, 0.25) is 0 Å². The molecule has 0 fully saturated rings. The van der Waals surface area contributed by atoms with Gasteiger partial charge in [0.25, 0.3) is 5.69 Å². The van der Waals surface area contributed by atoms with Crippen LogP contribution in [-0.2, 0) is 17.8 Å². The van der Waals surface area contributed by atoms with Gasteiger partial charge in [-0.25, -0.2) is 4.99 Å². The van der Waals surface area contributed by atoms with Crippen molar-refractivity contribution in [2.24, 2.45) is 4.99 Å². The van der Waals surface area contributed by atoms with Crippen molar-refractivity contribution < 1.29 is 14.4 Å². The number of nitrogens with one attached hydrogen (secondary N) is 2. The number of aliphatic imine (C=N–C) groups is 1. The fraction of sp³-hybridized carbons (Fsp3) is 0.409. The predicted octanol–water partition coefficient (Wildman–Crippen LogP) is 3.57. The predicted molar refractivity (Wildman–Crippen MR) is 118 cm³/mol. The molecule has 2 aromatic rings. The molecule has 0 saturated heterocycles. The standard InChI is InChI=1S/C22H30N4O4/c1-4-23-22(24-15-18-8-6-7-9-20(18)26(27)28)25-16-19-11-10-17(3)14-21(19)30-13-12-29-5-2/h6-11,14H,4-5,12-13,15-16H2,1-3H3,(H2,23,24,25). The third kappa shape index (κ3) is 7.36. The molecular formula is C22H30N4O4. The van der Waals surface area contributed by atoms with E-state index in [2.05, 4.69) is 15.6 Å². The van der Waals surface area contributed by atoms with E-state index >= 15 is 0 Å². The van der Waals surface area contributed by atoms with Crippen molar-refractivity contribution in [1.29, 1.82) is 0 Å². The van der Waals surface area contributed by atoms with Gasteiger partial charge in [0, 0.05) is 36.9 Å². The van der Waals surface area contributed by atoms with Crippen molar-refractivity contribution in [2.75, 3.05) is 26.4 Å². The smallest absolute Gasteiger partial charge is 0.274 e. The van der Waals surface area contributed by atoms with E-state index in [4.69, 9.17) is 9.47 Å². The number of hydrogen-bond donors (Lipinski definition) is 2. The van der Waals surface area contributed by atoms with E-state index in [1.807, 2.05) is 39.0 Å². The number of rotatable bonds is 11. The topological polar surface area (TPSA) is 98.0 Å². The van der Waals surface area contributed by atoms with Crippen LogP contribution < -0.4 is 15.4 Å².